The van der Waals surface area contributed by atoms with Gasteiger partial charge < -0.3 is 4.90 Å². The highest BCUT2D eigenvalue weighted by molar-refractivity contribution is 5.77. The van der Waals surface area contributed by atoms with Crippen molar-refractivity contribution in [1.29, 1.82) is 0 Å². The number of carbonyl (C=O) groups excluding carboxylic acids is 1. The van der Waals surface area contributed by atoms with Crippen LogP contribution >= 0.6 is 0 Å². The highest BCUT2D eigenvalue weighted by Crippen LogP contribution is 2.66. The van der Waals surface area contributed by atoms with Crippen molar-refractivity contribution in [2.45, 2.75) is 78.2 Å². The summed E-state index contributed by atoms with van der Waals surface area (Å²) in [6, 6.07) is 0.497. The van der Waals surface area contributed by atoms with E-state index in [9.17, 15) is 4.79 Å². The molecule has 1 heterocycles. The monoisotopic (exact) mass is 329 g/mol. The second kappa shape index (κ2) is 5.61. The van der Waals surface area contributed by atoms with Gasteiger partial charge in [-0.15, -0.1) is 0 Å². The number of rotatable bonds is 1. The molecule has 2 nitrogen and oxygen atoms in total. The molecule has 4 fully saturated rings. The van der Waals surface area contributed by atoms with Crippen LogP contribution in [0.25, 0.3) is 0 Å². The molecule has 0 bridgehead atoms. The lowest BCUT2D eigenvalue weighted by Gasteiger charge is -2.61. The number of amides is 1. The van der Waals surface area contributed by atoms with Gasteiger partial charge in [0.05, 0.1) is 0 Å². The van der Waals surface area contributed by atoms with E-state index >= 15 is 0 Å². The Labute approximate surface area is 148 Å². The van der Waals surface area contributed by atoms with E-state index in [1.165, 1.54) is 38.5 Å². The van der Waals surface area contributed by atoms with Crippen molar-refractivity contribution < 1.29 is 4.79 Å². The van der Waals surface area contributed by atoms with Crippen LogP contribution in [0.15, 0.2) is 12.2 Å². The molecule has 0 aromatic carbocycles. The van der Waals surface area contributed by atoms with Gasteiger partial charge in [0.25, 0.3) is 0 Å². The Morgan fingerprint density at radius 2 is 1.75 bits per heavy atom. The molecule has 7 atom stereocenters. The zero-order valence-electron chi connectivity index (χ0n) is 16.1. The molecule has 3 saturated carbocycles. The Morgan fingerprint density at radius 1 is 1.00 bits per heavy atom. The van der Waals surface area contributed by atoms with Crippen molar-refractivity contribution in [2.24, 2.45) is 34.5 Å². The summed E-state index contributed by atoms with van der Waals surface area (Å²) in [5.74, 6) is 3.84. The van der Waals surface area contributed by atoms with Crippen molar-refractivity contribution >= 4 is 5.91 Å². The first-order chi connectivity index (χ1) is 11.4. The first kappa shape index (κ1) is 16.7. The summed E-state index contributed by atoms with van der Waals surface area (Å²) in [6.45, 7) is 7.30. The Balaban J connectivity index is 1.63. The molecule has 24 heavy (non-hydrogen) atoms. The van der Waals surface area contributed by atoms with Crippen LogP contribution in [-0.4, -0.2) is 23.9 Å². The van der Waals surface area contributed by atoms with Gasteiger partial charge in [0.15, 0.2) is 0 Å². The summed E-state index contributed by atoms with van der Waals surface area (Å²) < 4.78 is 0. The number of likely N-dealkylation sites (tertiary alicyclic amines) is 1. The zero-order valence-corrected chi connectivity index (χ0v) is 16.1. The number of fused-ring (bicyclic) bond motifs is 5. The normalized spacial score (nSPS) is 51.4. The molecule has 0 aromatic heterocycles. The summed E-state index contributed by atoms with van der Waals surface area (Å²) >= 11 is 0. The van der Waals surface area contributed by atoms with Crippen molar-refractivity contribution in [3.8, 4) is 0 Å². The molecule has 1 aliphatic heterocycles. The second-order valence-corrected chi connectivity index (χ2v) is 9.73. The minimum absolute atomic E-state index is 0.367. The maximum atomic E-state index is 12.2. The molecule has 1 amide bonds. The topological polar surface area (TPSA) is 20.3 Å². The van der Waals surface area contributed by atoms with E-state index in [2.05, 4.69) is 44.9 Å². The van der Waals surface area contributed by atoms with Gasteiger partial charge >= 0.3 is 0 Å². The van der Waals surface area contributed by atoms with E-state index in [0.717, 1.165) is 36.5 Å². The molecule has 134 valence electrons. The minimum Gasteiger partial charge on any atom is -0.342 e. The largest absolute Gasteiger partial charge is 0.342 e. The van der Waals surface area contributed by atoms with Gasteiger partial charge in [-0.1, -0.05) is 26.0 Å². The van der Waals surface area contributed by atoms with Crippen LogP contribution < -0.4 is 0 Å². The predicted octanol–water partition coefficient (Wildman–Crippen LogP) is 5.04. The van der Waals surface area contributed by atoms with E-state index < -0.39 is 0 Å². The number of carbonyl (C=O) groups is 1. The fourth-order valence-electron chi connectivity index (χ4n) is 7.74. The highest BCUT2D eigenvalue weighted by Gasteiger charge is 2.60. The second-order valence-electron chi connectivity index (χ2n) is 9.73. The Morgan fingerprint density at radius 3 is 2.50 bits per heavy atom. The molecule has 4 rings (SSSR count). The van der Waals surface area contributed by atoms with Crippen molar-refractivity contribution in [3.63, 3.8) is 0 Å². The molecule has 0 N–H and O–H groups in total. The standard InChI is InChI=1S/C22H35NO/c1-5-6-15-7-9-17-16-8-10-19-22(3,14-12-20(24)23(19)4)18(16)11-13-21(15,17)2/h5-6,15-19H,7-14H2,1-4H3. The average Bonchev–Trinajstić information content (AvgIpc) is 2.89. The smallest absolute Gasteiger partial charge is 0.222 e. The molecular weight excluding hydrogens is 294 g/mol. The SMILES string of the molecule is CC=CC1CCC2C3CCC4N(C)C(=O)CCC4(C)C3CCC12C. The minimum atomic E-state index is 0.367. The number of allylic oxidation sites excluding steroid dienone is 2. The lowest BCUT2D eigenvalue weighted by molar-refractivity contribution is -0.157. The van der Waals surface area contributed by atoms with E-state index in [0.29, 0.717) is 22.8 Å². The lowest BCUT2D eigenvalue weighted by atomic mass is 9.47. The lowest BCUT2D eigenvalue weighted by Crippen LogP contribution is -2.61. The first-order valence-corrected chi connectivity index (χ1v) is 10.3. The zero-order chi connectivity index (χ0) is 17.1. The Kier molecular flexibility index (Phi) is 3.89. The number of nitrogens with zero attached hydrogens (tertiary/aromatic N) is 1. The van der Waals surface area contributed by atoms with Gasteiger partial charge in [0.2, 0.25) is 5.91 Å². The van der Waals surface area contributed by atoms with Crippen LogP contribution in [0.3, 0.4) is 0 Å². The molecule has 4 aliphatic rings. The summed E-state index contributed by atoms with van der Waals surface area (Å²) in [5.41, 5.74) is 0.902. The fourth-order valence-corrected chi connectivity index (χ4v) is 7.74. The van der Waals surface area contributed by atoms with Crippen LogP contribution in [0.1, 0.15) is 72.1 Å². The van der Waals surface area contributed by atoms with Gasteiger partial charge in [-0.3, -0.25) is 4.79 Å². The summed E-state index contributed by atoms with van der Waals surface area (Å²) in [6.07, 6.45) is 14.9. The molecule has 0 radical (unpaired) electrons. The van der Waals surface area contributed by atoms with Gasteiger partial charge in [-0.25, -0.2) is 0 Å². The molecule has 0 aromatic rings. The van der Waals surface area contributed by atoms with Crippen LogP contribution in [0.2, 0.25) is 0 Å². The molecule has 1 saturated heterocycles. The third-order valence-electron chi connectivity index (χ3n) is 9.06. The van der Waals surface area contributed by atoms with E-state index in [4.69, 9.17) is 0 Å². The predicted molar refractivity (Wildman–Crippen MR) is 98.5 cm³/mol. The maximum absolute atomic E-state index is 12.2. The van der Waals surface area contributed by atoms with Gasteiger partial charge in [0.1, 0.15) is 0 Å². The summed E-state index contributed by atoms with van der Waals surface area (Å²) in [5, 5.41) is 0. The maximum Gasteiger partial charge on any atom is 0.222 e. The molecule has 7 unspecified atom stereocenters. The highest BCUT2D eigenvalue weighted by atomic mass is 16.2. The van der Waals surface area contributed by atoms with Crippen LogP contribution in [0.5, 0.6) is 0 Å². The third-order valence-corrected chi connectivity index (χ3v) is 9.06. The van der Waals surface area contributed by atoms with Crippen molar-refractivity contribution in [1.82, 2.24) is 4.90 Å². The molecule has 0 spiro atoms. The van der Waals surface area contributed by atoms with Gasteiger partial charge in [0, 0.05) is 19.5 Å². The number of hydrogen-bond donors (Lipinski definition) is 0. The Hall–Kier alpha value is -0.790. The van der Waals surface area contributed by atoms with Crippen LogP contribution in [0, 0.1) is 34.5 Å². The van der Waals surface area contributed by atoms with E-state index in [-0.39, 0.29) is 0 Å². The van der Waals surface area contributed by atoms with Crippen LogP contribution in [0.4, 0.5) is 0 Å². The van der Waals surface area contributed by atoms with Gasteiger partial charge in [-0.2, -0.15) is 0 Å². The molecular formula is C22H35NO. The summed E-state index contributed by atoms with van der Waals surface area (Å²) in [4.78, 5) is 14.3. The first-order valence-electron chi connectivity index (χ1n) is 10.3. The summed E-state index contributed by atoms with van der Waals surface area (Å²) in [7, 11) is 2.06. The quantitative estimate of drug-likeness (QED) is 0.617. The molecule has 3 aliphatic carbocycles. The number of hydrogen-bond acceptors (Lipinski definition) is 1. The molecule has 2 heteroatoms. The number of piperidine rings is 1. The third kappa shape index (κ3) is 2.10. The van der Waals surface area contributed by atoms with E-state index in [1.54, 1.807) is 0 Å². The van der Waals surface area contributed by atoms with Crippen molar-refractivity contribution in [3.05, 3.63) is 12.2 Å². The van der Waals surface area contributed by atoms with Crippen LogP contribution in [-0.2, 0) is 4.79 Å². The average molecular weight is 330 g/mol. The van der Waals surface area contributed by atoms with Crippen molar-refractivity contribution in [2.75, 3.05) is 7.05 Å². The fraction of sp³-hybridized carbons (Fsp3) is 0.864. The van der Waals surface area contributed by atoms with E-state index in [1.807, 2.05) is 0 Å². The van der Waals surface area contributed by atoms with Gasteiger partial charge in [-0.05, 0) is 86.4 Å². The Bertz CT molecular complexity index is 554.